The van der Waals surface area contributed by atoms with E-state index in [1.165, 1.54) is 25.3 Å². The average Bonchev–Trinajstić information content (AvgIpc) is 2.89. The molecule has 4 rings (SSSR count). The molecule has 2 aromatic rings. The first-order valence-corrected chi connectivity index (χ1v) is 12.1. The highest BCUT2D eigenvalue weighted by molar-refractivity contribution is 5.95. The third kappa shape index (κ3) is 6.67. The van der Waals surface area contributed by atoms with Gasteiger partial charge in [0.25, 0.3) is 11.8 Å². The summed E-state index contributed by atoms with van der Waals surface area (Å²) in [5.41, 5.74) is 0.771. The lowest BCUT2D eigenvalue weighted by Crippen LogP contribution is -2.58. The zero-order valence-electron chi connectivity index (χ0n) is 20.8. The lowest BCUT2D eigenvalue weighted by molar-refractivity contribution is -0.138. The number of nitrogens with zero attached hydrogens (tertiary/aromatic N) is 1. The van der Waals surface area contributed by atoms with E-state index in [0.29, 0.717) is 30.9 Å². The molecule has 4 bridgehead atoms. The van der Waals surface area contributed by atoms with E-state index in [1.807, 2.05) is 0 Å². The van der Waals surface area contributed by atoms with Gasteiger partial charge in [0, 0.05) is 44.3 Å². The van der Waals surface area contributed by atoms with Crippen LogP contribution >= 0.6 is 0 Å². The second-order valence-electron chi connectivity index (χ2n) is 8.73. The molecule has 0 unspecified atom stereocenters. The number of halogens is 1. The van der Waals surface area contributed by atoms with Gasteiger partial charge >= 0.3 is 0 Å². The molecule has 1 fully saturated rings. The van der Waals surface area contributed by atoms with E-state index in [1.54, 1.807) is 30.0 Å². The molecule has 10 nitrogen and oxygen atoms in total. The van der Waals surface area contributed by atoms with E-state index in [2.05, 4.69) is 10.6 Å². The highest BCUT2D eigenvalue weighted by atomic mass is 19.1. The Morgan fingerprint density at radius 1 is 1.22 bits per heavy atom. The first kappa shape index (κ1) is 26.2. The minimum absolute atomic E-state index is 0.0547. The predicted octanol–water partition coefficient (Wildman–Crippen LogP) is 1.66. The number of benzene rings is 2. The van der Waals surface area contributed by atoms with Crippen LogP contribution in [-0.4, -0.2) is 74.8 Å². The van der Waals surface area contributed by atoms with Gasteiger partial charge < -0.3 is 34.5 Å². The first-order valence-electron chi connectivity index (χ1n) is 12.1. The Morgan fingerprint density at radius 3 is 2.84 bits per heavy atom. The second-order valence-corrected chi connectivity index (χ2v) is 8.73. The number of rotatable bonds is 4. The molecule has 11 heteroatoms. The number of nitrogens with one attached hydrogen (secondary N) is 2. The highest BCUT2D eigenvalue weighted by Gasteiger charge is 2.34. The Hall–Kier alpha value is -3.86. The van der Waals surface area contributed by atoms with E-state index in [0.717, 1.165) is 0 Å². The Labute approximate surface area is 214 Å². The fraction of sp³-hybridized carbons (Fsp3) is 0.423. The molecule has 2 aliphatic rings. The molecule has 2 aromatic carbocycles. The molecule has 2 atom stereocenters. The van der Waals surface area contributed by atoms with Gasteiger partial charge in [0.1, 0.15) is 24.3 Å². The molecule has 2 N–H and O–H groups in total. The minimum atomic E-state index is -0.586. The Bertz CT molecular complexity index is 1160. The smallest absolute Gasteiger partial charge is 0.258 e. The van der Waals surface area contributed by atoms with E-state index in [9.17, 15) is 18.8 Å². The van der Waals surface area contributed by atoms with Crippen molar-refractivity contribution in [2.24, 2.45) is 0 Å². The molecule has 0 aliphatic carbocycles. The predicted molar refractivity (Wildman–Crippen MR) is 130 cm³/mol. The molecular weight excluding hydrogens is 485 g/mol. The number of amides is 3. The van der Waals surface area contributed by atoms with Crippen LogP contribution in [-0.2, 0) is 20.9 Å². The monoisotopic (exact) mass is 515 g/mol. The molecule has 198 valence electrons. The molecule has 37 heavy (non-hydrogen) atoms. The van der Waals surface area contributed by atoms with Crippen molar-refractivity contribution in [2.45, 2.75) is 32.0 Å². The van der Waals surface area contributed by atoms with Crippen molar-refractivity contribution < 1.29 is 37.7 Å². The van der Waals surface area contributed by atoms with Crippen molar-refractivity contribution in [3.05, 3.63) is 53.3 Å². The standard InChI is InChI=1S/C26H30FN3O7/c1-3-35-15-25(32)30-7-6-21-20(13-30)29-26(33)17-4-5-22(34-2)23(10-17)36-14-24(31)28-12-16-8-18(27)11-19(9-16)37-21/h4-5,8-11,20-21H,3,6-7,12-15H2,1-2H3,(H,28,31)(H,29,33)/t20-,21+/m0/s1. The van der Waals surface area contributed by atoms with Crippen LogP contribution in [0.15, 0.2) is 36.4 Å². The van der Waals surface area contributed by atoms with Crippen LogP contribution < -0.4 is 24.8 Å². The van der Waals surface area contributed by atoms with Crippen LogP contribution in [0.25, 0.3) is 0 Å². The van der Waals surface area contributed by atoms with Crippen molar-refractivity contribution >= 4 is 17.7 Å². The molecule has 2 heterocycles. The maximum Gasteiger partial charge on any atom is 0.258 e. The number of piperidine rings is 1. The molecule has 2 aliphatic heterocycles. The van der Waals surface area contributed by atoms with Crippen LogP contribution in [0.2, 0.25) is 0 Å². The lowest BCUT2D eigenvalue weighted by atomic mass is 10.0. The van der Waals surface area contributed by atoms with Crippen molar-refractivity contribution in [3.8, 4) is 17.2 Å². The van der Waals surface area contributed by atoms with Gasteiger partial charge in [-0.1, -0.05) is 0 Å². The molecule has 3 amide bonds. The summed E-state index contributed by atoms with van der Waals surface area (Å²) in [5.74, 6) is -0.740. The molecule has 0 spiro atoms. The maximum absolute atomic E-state index is 14.4. The number of hydrogen-bond acceptors (Lipinski definition) is 7. The van der Waals surface area contributed by atoms with Gasteiger partial charge in [-0.2, -0.15) is 0 Å². The number of ether oxygens (including phenoxy) is 4. The Balaban J connectivity index is 1.65. The number of fused-ring (bicyclic) bond motifs is 5. The fourth-order valence-electron chi connectivity index (χ4n) is 4.26. The van der Waals surface area contributed by atoms with Crippen LogP contribution in [0.1, 0.15) is 29.3 Å². The van der Waals surface area contributed by atoms with Gasteiger partial charge in [0.05, 0.1) is 13.2 Å². The van der Waals surface area contributed by atoms with E-state index in [-0.39, 0.29) is 49.3 Å². The molecule has 0 radical (unpaired) electrons. The summed E-state index contributed by atoms with van der Waals surface area (Å²) in [7, 11) is 1.45. The Morgan fingerprint density at radius 2 is 2.05 bits per heavy atom. The van der Waals surface area contributed by atoms with Gasteiger partial charge in [0.15, 0.2) is 18.1 Å². The van der Waals surface area contributed by atoms with Gasteiger partial charge in [0.2, 0.25) is 5.91 Å². The number of likely N-dealkylation sites (tertiary alicyclic amines) is 1. The summed E-state index contributed by atoms with van der Waals surface area (Å²) >= 11 is 0. The summed E-state index contributed by atoms with van der Waals surface area (Å²) in [6.45, 7) is 2.49. The van der Waals surface area contributed by atoms with Crippen molar-refractivity contribution in [2.75, 3.05) is 40.0 Å². The quantitative estimate of drug-likeness (QED) is 0.636. The van der Waals surface area contributed by atoms with E-state index < -0.39 is 29.8 Å². The van der Waals surface area contributed by atoms with E-state index in [4.69, 9.17) is 18.9 Å². The summed E-state index contributed by atoms with van der Waals surface area (Å²) in [4.78, 5) is 39.8. The maximum atomic E-state index is 14.4. The first-order chi connectivity index (χ1) is 17.9. The number of methoxy groups -OCH3 is 1. The average molecular weight is 516 g/mol. The molecule has 1 saturated heterocycles. The van der Waals surface area contributed by atoms with Crippen molar-refractivity contribution in [1.82, 2.24) is 15.5 Å². The van der Waals surface area contributed by atoms with Crippen molar-refractivity contribution in [1.29, 1.82) is 0 Å². The molecule has 0 saturated carbocycles. The largest absolute Gasteiger partial charge is 0.493 e. The summed E-state index contributed by atoms with van der Waals surface area (Å²) < 4.78 is 36.7. The zero-order valence-corrected chi connectivity index (χ0v) is 20.8. The SMILES string of the molecule is CCOCC(=O)N1CC[C@H]2Oc3cc(F)cc(c3)CNC(=O)COc3cc(ccc3OC)C(=O)N[C@H]2C1. The topological polar surface area (TPSA) is 115 Å². The van der Waals surface area contributed by atoms with Crippen LogP contribution in [0, 0.1) is 5.82 Å². The number of hydrogen-bond donors (Lipinski definition) is 2. The number of carbonyl (C=O) groups is 3. The van der Waals surface area contributed by atoms with Crippen LogP contribution in [0.4, 0.5) is 4.39 Å². The normalized spacial score (nSPS) is 20.0. The van der Waals surface area contributed by atoms with Crippen LogP contribution in [0.3, 0.4) is 0 Å². The highest BCUT2D eigenvalue weighted by Crippen LogP contribution is 2.29. The second kappa shape index (κ2) is 11.9. The van der Waals surface area contributed by atoms with Gasteiger partial charge in [-0.3, -0.25) is 14.4 Å². The van der Waals surface area contributed by atoms with E-state index >= 15 is 0 Å². The molecule has 0 aromatic heterocycles. The number of carbonyl (C=O) groups excluding carboxylic acids is 3. The third-order valence-electron chi connectivity index (χ3n) is 6.14. The van der Waals surface area contributed by atoms with Gasteiger partial charge in [-0.05, 0) is 42.8 Å². The molecular formula is C26H30FN3O7. The third-order valence-corrected chi connectivity index (χ3v) is 6.14. The summed E-state index contributed by atoms with van der Waals surface area (Å²) in [6.07, 6.45) is -0.131. The van der Waals surface area contributed by atoms with Crippen molar-refractivity contribution in [3.63, 3.8) is 0 Å². The zero-order chi connectivity index (χ0) is 26.4. The van der Waals surface area contributed by atoms with Gasteiger partial charge in [-0.15, -0.1) is 0 Å². The van der Waals surface area contributed by atoms with Gasteiger partial charge in [-0.25, -0.2) is 4.39 Å². The summed E-state index contributed by atoms with van der Waals surface area (Å²) in [5, 5.41) is 5.63. The van der Waals surface area contributed by atoms with Crippen LogP contribution in [0.5, 0.6) is 17.2 Å². The summed E-state index contributed by atoms with van der Waals surface area (Å²) in [6, 6.07) is 8.23. The Kier molecular flexibility index (Phi) is 8.44. The fourth-order valence-corrected chi connectivity index (χ4v) is 4.26. The lowest BCUT2D eigenvalue weighted by Gasteiger charge is -2.39. The minimum Gasteiger partial charge on any atom is -0.493 e.